The molecule has 1 aromatic carbocycles. The molecule has 3 rings (SSSR count). The number of rotatable bonds is 3. The zero-order valence-corrected chi connectivity index (χ0v) is 11.5. The molecular formula is C17H15NO3. The lowest BCUT2D eigenvalue weighted by Gasteiger charge is -2.27. The number of aromatic carboxylic acids is 1. The number of nitrogens with zero attached hydrogens (tertiary/aromatic N) is 1. The highest BCUT2D eigenvalue weighted by Gasteiger charge is 2.64. The second-order valence-electron chi connectivity index (χ2n) is 5.84. The van der Waals surface area contributed by atoms with Crippen molar-refractivity contribution in [2.45, 2.75) is 31.3 Å². The summed E-state index contributed by atoms with van der Waals surface area (Å²) in [7, 11) is 0. The van der Waals surface area contributed by atoms with E-state index in [2.05, 4.69) is 17.9 Å². The van der Waals surface area contributed by atoms with Gasteiger partial charge in [-0.3, -0.25) is 0 Å². The molecule has 0 radical (unpaired) electrons. The van der Waals surface area contributed by atoms with E-state index in [9.17, 15) is 15.2 Å². The molecule has 0 unspecified atom stereocenters. The Hall–Kier alpha value is -2.30. The summed E-state index contributed by atoms with van der Waals surface area (Å²) in [6.07, 6.45) is 3.06. The molecule has 0 amide bonds. The van der Waals surface area contributed by atoms with Gasteiger partial charge in [-0.15, -0.1) is 0 Å². The van der Waals surface area contributed by atoms with Crippen molar-refractivity contribution < 1.29 is 15.0 Å². The molecule has 2 saturated carbocycles. The van der Waals surface area contributed by atoms with Crippen LogP contribution in [0, 0.1) is 34.5 Å². The molecule has 4 nitrogen and oxygen atoms in total. The fraction of sp³-hybridized carbons (Fsp3) is 0.412. The predicted octanol–water partition coefficient (Wildman–Crippen LogP) is 2.18. The third-order valence-corrected chi connectivity index (χ3v) is 4.41. The van der Waals surface area contributed by atoms with Crippen LogP contribution in [0.3, 0.4) is 0 Å². The Kier molecular flexibility index (Phi) is 3.01. The first-order valence-electron chi connectivity index (χ1n) is 7.01. The molecule has 0 saturated heterocycles. The van der Waals surface area contributed by atoms with Gasteiger partial charge in [0, 0.05) is 11.5 Å². The molecule has 106 valence electrons. The van der Waals surface area contributed by atoms with Crippen molar-refractivity contribution in [1.29, 1.82) is 5.26 Å². The second kappa shape index (κ2) is 4.62. The van der Waals surface area contributed by atoms with Crippen LogP contribution in [-0.4, -0.2) is 21.8 Å². The number of carbonyl (C=O) groups is 1. The third-order valence-electron chi connectivity index (χ3n) is 4.41. The van der Waals surface area contributed by atoms with Crippen molar-refractivity contribution >= 4 is 5.97 Å². The quantitative estimate of drug-likeness (QED) is 0.832. The van der Waals surface area contributed by atoms with E-state index in [-0.39, 0.29) is 11.5 Å². The Balaban J connectivity index is 2.00. The van der Waals surface area contributed by atoms with E-state index in [0.717, 1.165) is 12.8 Å². The Labute approximate surface area is 123 Å². The molecule has 0 spiro atoms. The van der Waals surface area contributed by atoms with Crippen molar-refractivity contribution in [2.75, 3.05) is 0 Å². The van der Waals surface area contributed by atoms with Gasteiger partial charge in [-0.2, -0.15) is 5.26 Å². The van der Waals surface area contributed by atoms with Crippen LogP contribution in [0.5, 0.6) is 0 Å². The fourth-order valence-corrected chi connectivity index (χ4v) is 2.76. The second-order valence-corrected chi connectivity index (χ2v) is 5.84. The Morgan fingerprint density at radius 2 is 2.00 bits per heavy atom. The van der Waals surface area contributed by atoms with Gasteiger partial charge in [0.25, 0.3) is 0 Å². The minimum Gasteiger partial charge on any atom is -0.478 e. The van der Waals surface area contributed by atoms with E-state index in [4.69, 9.17) is 5.11 Å². The van der Waals surface area contributed by atoms with Crippen LogP contribution in [0.15, 0.2) is 24.3 Å². The van der Waals surface area contributed by atoms with Crippen molar-refractivity contribution in [3.05, 3.63) is 35.4 Å². The van der Waals surface area contributed by atoms with Gasteiger partial charge >= 0.3 is 5.97 Å². The van der Waals surface area contributed by atoms with Crippen LogP contribution >= 0.6 is 0 Å². The van der Waals surface area contributed by atoms with Gasteiger partial charge in [-0.05, 0) is 37.8 Å². The molecule has 2 fully saturated rings. The van der Waals surface area contributed by atoms with Gasteiger partial charge in [0.05, 0.1) is 17.0 Å². The number of benzene rings is 1. The number of hydrogen-bond acceptors (Lipinski definition) is 3. The molecule has 0 aliphatic heterocycles. The maximum atomic E-state index is 11.2. The summed E-state index contributed by atoms with van der Waals surface area (Å²) in [5.74, 6) is 4.63. The summed E-state index contributed by atoms with van der Waals surface area (Å²) in [6.45, 7) is 0. The molecule has 1 atom stereocenters. The Morgan fingerprint density at radius 3 is 2.52 bits per heavy atom. The van der Waals surface area contributed by atoms with Crippen molar-refractivity contribution in [3.63, 3.8) is 0 Å². The molecule has 2 aliphatic rings. The summed E-state index contributed by atoms with van der Waals surface area (Å²) < 4.78 is 0. The van der Waals surface area contributed by atoms with Crippen molar-refractivity contribution in [1.82, 2.24) is 0 Å². The highest BCUT2D eigenvalue weighted by Crippen LogP contribution is 2.60. The SMILES string of the molecule is N#CC1([C@@](O)(C#Cc2ccccc2C(=O)O)C2CC2)CC1. The highest BCUT2D eigenvalue weighted by atomic mass is 16.4. The molecule has 2 aliphatic carbocycles. The normalized spacial score (nSPS) is 21.3. The van der Waals surface area contributed by atoms with E-state index < -0.39 is 17.0 Å². The molecule has 21 heavy (non-hydrogen) atoms. The van der Waals surface area contributed by atoms with Crippen LogP contribution in [0.25, 0.3) is 0 Å². The maximum Gasteiger partial charge on any atom is 0.336 e. The number of carboxylic acid groups (broad SMARTS) is 1. The first-order chi connectivity index (χ1) is 10.0. The lowest BCUT2D eigenvalue weighted by molar-refractivity contribution is 0.0267. The number of hydrogen-bond donors (Lipinski definition) is 2. The molecule has 4 heteroatoms. The molecule has 2 N–H and O–H groups in total. The zero-order valence-electron chi connectivity index (χ0n) is 11.5. The number of carboxylic acids is 1. The minimum absolute atomic E-state index is 0.0316. The first kappa shape index (κ1) is 13.7. The van der Waals surface area contributed by atoms with E-state index in [1.165, 1.54) is 6.07 Å². The molecule has 0 aromatic heterocycles. The van der Waals surface area contributed by atoms with E-state index in [0.29, 0.717) is 18.4 Å². The van der Waals surface area contributed by atoms with E-state index >= 15 is 0 Å². The molecule has 0 bridgehead atoms. The standard InChI is InChI=1S/C17H15NO3/c18-11-16(9-10-16)17(21,13-5-6-13)8-7-12-3-1-2-4-14(12)15(19)20/h1-4,13,21H,5-6,9-10H2,(H,19,20)/t17-/m1/s1. The van der Waals surface area contributed by atoms with Gasteiger partial charge in [-0.1, -0.05) is 24.0 Å². The monoisotopic (exact) mass is 281 g/mol. The highest BCUT2D eigenvalue weighted by molar-refractivity contribution is 5.90. The van der Waals surface area contributed by atoms with Gasteiger partial charge in [0.15, 0.2) is 0 Å². The summed E-state index contributed by atoms with van der Waals surface area (Å²) in [4.78, 5) is 11.2. The van der Waals surface area contributed by atoms with Gasteiger partial charge in [0.1, 0.15) is 5.60 Å². The van der Waals surface area contributed by atoms with E-state index in [1.54, 1.807) is 18.2 Å². The summed E-state index contributed by atoms with van der Waals surface area (Å²) >= 11 is 0. The summed E-state index contributed by atoms with van der Waals surface area (Å²) in [6, 6.07) is 8.68. The molecule has 0 heterocycles. The third kappa shape index (κ3) is 2.18. The van der Waals surface area contributed by atoms with Gasteiger partial charge in [0.2, 0.25) is 0 Å². The summed E-state index contributed by atoms with van der Waals surface area (Å²) in [5, 5.41) is 29.4. The predicted molar refractivity (Wildman–Crippen MR) is 75.2 cm³/mol. The average molecular weight is 281 g/mol. The van der Waals surface area contributed by atoms with Crippen LogP contribution in [0.4, 0.5) is 0 Å². The largest absolute Gasteiger partial charge is 0.478 e. The van der Waals surface area contributed by atoms with Crippen LogP contribution in [-0.2, 0) is 0 Å². The number of aliphatic hydroxyl groups is 1. The average Bonchev–Trinajstić information content (AvgIpc) is 3.38. The van der Waals surface area contributed by atoms with Gasteiger partial charge < -0.3 is 10.2 Å². The van der Waals surface area contributed by atoms with Crippen LogP contribution < -0.4 is 0 Å². The van der Waals surface area contributed by atoms with Crippen molar-refractivity contribution in [3.8, 4) is 17.9 Å². The summed E-state index contributed by atoms with van der Waals surface area (Å²) in [5.41, 5.74) is -1.59. The zero-order chi connectivity index (χ0) is 15.1. The van der Waals surface area contributed by atoms with Crippen LogP contribution in [0.1, 0.15) is 41.6 Å². The van der Waals surface area contributed by atoms with Crippen LogP contribution in [0.2, 0.25) is 0 Å². The van der Waals surface area contributed by atoms with Gasteiger partial charge in [-0.25, -0.2) is 4.79 Å². The smallest absolute Gasteiger partial charge is 0.336 e. The van der Waals surface area contributed by atoms with E-state index in [1.807, 2.05) is 0 Å². The Bertz CT molecular complexity index is 699. The van der Waals surface area contributed by atoms with Crippen molar-refractivity contribution in [2.24, 2.45) is 11.3 Å². The Morgan fingerprint density at radius 1 is 1.33 bits per heavy atom. The molecule has 1 aromatic rings. The lowest BCUT2D eigenvalue weighted by atomic mass is 9.81. The lowest BCUT2D eigenvalue weighted by Crippen LogP contribution is -2.40. The number of nitriles is 1. The molecular weight excluding hydrogens is 266 g/mol. The minimum atomic E-state index is -1.31. The maximum absolute atomic E-state index is 11.2. The fourth-order valence-electron chi connectivity index (χ4n) is 2.76. The topological polar surface area (TPSA) is 81.3 Å². The first-order valence-corrected chi connectivity index (χ1v) is 7.01.